The van der Waals surface area contributed by atoms with E-state index in [0.29, 0.717) is 0 Å². The fraction of sp³-hybridized carbons (Fsp3) is 0.545. The van der Waals surface area contributed by atoms with E-state index in [0.717, 1.165) is 18.8 Å². The van der Waals surface area contributed by atoms with Crippen molar-refractivity contribution in [3.63, 3.8) is 0 Å². The van der Waals surface area contributed by atoms with Crippen LogP contribution in [0.25, 0.3) is 0 Å². The molecule has 0 atom stereocenters. The van der Waals surface area contributed by atoms with Crippen molar-refractivity contribution in [1.82, 2.24) is 4.98 Å². The van der Waals surface area contributed by atoms with Gasteiger partial charge in [-0.15, -0.1) is 0 Å². The highest BCUT2D eigenvalue weighted by Gasteiger charge is 2.16. The first-order valence-electron chi connectivity index (χ1n) is 4.92. The number of nitrogens with zero attached hydrogens (tertiary/aromatic N) is 1. The van der Waals surface area contributed by atoms with Crippen LogP contribution in [0.1, 0.15) is 20.8 Å². The average molecular weight is 194 g/mol. The molecular formula is C11H18N2O. The van der Waals surface area contributed by atoms with Gasteiger partial charge in [0.2, 0.25) is 0 Å². The molecule has 1 N–H and O–H groups in total. The van der Waals surface area contributed by atoms with Crippen LogP contribution in [0, 0.1) is 0 Å². The van der Waals surface area contributed by atoms with Gasteiger partial charge >= 0.3 is 0 Å². The minimum atomic E-state index is -0.127. The number of nitrogens with one attached hydrogen (secondary N) is 1. The minimum absolute atomic E-state index is 0.127. The monoisotopic (exact) mass is 194 g/mol. The predicted molar refractivity (Wildman–Crippen MR) is 58.4 cm³/mol. The Morgan fingerprint density at radius 3 is 2.57 bits per heavy atom. The summed E-state index contributed by atoms with van der Waals surface area (Å²) in [6.07, 6.45) is 3.55. The molecule has 0 radical (unpaired) electrons. The maximum absolute atomic E-state index is 5.57. The van der Waals surface area contributed by atoms with Gasteiger partial charge < -0.3 is 10.1 Å². The maximum atomic E-state index is 5.57. The molecule has 3 nitrogen and oxygen atoms in total. The molecule has 0 amide bonds. The molecule has 78 valence electrons. The van der Waals surface area contributed by atoms with Gasteiger partial charge in [-0.3, -0.25) is 4.98 Å². The number of pyridine rings is 1. The van der Waals surface area contributed by atoms with Gasteiger partial charge in [0.1, 0.15) is 0 Å². The zero-order valence-electron chi connectivity index (χ0n) is 9.08. The van der Waals surface area contributed by atoms with Crippen molar-refractivity contribution in [2.24, 2.45) is 0 Å². The third kappa shape index (κ3) is 3.75. The second kappa shape index (κ2) is 4.96. The second-order valence-electron chi connectivity index (χ2n) is 3.78. The maximum Gasteiger partial charge on any atom is 0.0797 e. The standard InChI is InChI=1S/C11H18N2O/c1-4-14-11(2,3)9-13-10-5-7-12-8-6-10/h5-8H,4,9H2,1-3H3,(H,12,13). The number of anilines is 1. The van der Waals surface area contributed by atoms with Crippen molar-refractivity contribution in [3.05, 3.63) is 24.5 Å². The lowest BCUT2D eigenvalue weighted by Crippen LogP contribution is -2.33. The molecule has 0 aliphatic carbocycles. The summed E-state index contributed by atoms with van der Waals surface area (Å²) in [7, 11) is 0. The summed E-state index contributed by atoms with van der Waals surface area (Å²) in [5, 5.41) is 3.30. The Labute approximate surface area is 85.5 Å². The van der Waals surface area contributed by atoms with Gasteiger partial charge in [-0.25, -0.2) is 0 Å². The highest BCUT2D eigenvalue weighted by molar-refractivity contribution is 5.40. The second-order valence-corrected chi connectivity index (χ2v) is 3.78. The van der Waals surface area contributed by atoms with Crippen LogP contribution >= 0.6 is 0 Å². The molecular weight excluding hydrogens is 176 g/mol. The van der Waals surface area contributed by atoms with E-state index in [1.54, 1.807) is 12.4 Å². The fourth-order valence-corrected chi connectivity index (χ4v) is 1.23. The molecule has 0 spiro atoms. The van der Waals surface area contributed by atoms with Gasteiger partial charge in [0.05, 0.1) is 5.60 Å². The normalized spacial score (nSPS) is 11.4. The van der Waals surface area contributed by atoms with Crippen LogP contribution in [0.2, 0.25) is 0 Å². The molecule has 0 saturated heterocycles. The Kier molecular flexibility index (Phi) is 3.89. The van der Waals surface area contributed by atoms with Crippen LogP contribution < -0.4 is 5.32 Å². The largest absolute Gasteiger partial charge is 0.382 e. The van der Waals surface area contributed by atoms with Crippen LogP contribution in [-0.4, -0.2) is 23.7 Å². The van der Waals surface area contributed by atoms with Crippen molar-refractivity contribution < 1.29 is 4.74 Å². The fourth-order valence-electron chi connectivity index (χ4n) is 1.23. The predicted octanol–water partition coefficient (Wildman–Crippen LogP) is 2.31. The molecule has 1 heterocycles. The van der Waals surface area contributed by atoms with Gasteiger partial charge in [-0.2, -0.15) is 0 Å². The van der Waals surface area contributed by atoms with Crippen molar-refractivity contribution in [3.8, 4) is 0 Å². The summed E-state index contributed by atoms with van der Waals surface area (Å²) in [5.41, 5.74) is 0.950. The molecule has 0 bridgehead atoms. The van der Waals surface area contributed by atoms with E-state index in [9.17, 15) is 0 Å². The van der Waals surface area contributed by atoms with Crippen LogP contribution in [0.3, 0.4) is 0 Å². The number of ether oxygens (including phenoxy) is 1. The number of hydrogen-bond donors (Lipinski definition) is 1. The molecule has 1 aromatic rings. The van der Waals surface area contributed by atoms with E-state index in [1.165, 1.54) is 0 Å². The quantitative estimate of drug-likeness (QED) is 0.781. The summed E-state index contributed by atoms with van der Waals surface area (Å²) in [5.74, 6) is 0. The third-order valence-corrected chi connectivity index (χ3v) is 1.93. The lowest BCUT2D eigenvalue weighted by molar-refractivity contribution is 0.000698. The van der Waals surface area contributed by atoms with Gasteiger partial charge in [-0.1, -0.05) is 0 Å². The Morgan fingerprint density at radius 1 is 1.36 bits per heavy atom. The van der Waals surface area contributed by atoms with E-state index in [1.807, 2.05) is 19.1 Å². The number of aromatic nitrogens is 1. The van der Waals surface area contributed by atoms with Crippen molar-refractivity contribution in [1.29, 1.82) is 0 Å². The molecule has 14 heavy (non-hydrogen) atoms. The Bertz CT molecular complexity index is 259. The van der Waals surface area contributed by atoms with Crippen LogP contribution in [0.4, 0.5) is 5.69 Å². The smallest absolute Gasteiger partial charge is 0.0797 e. The third-order valence-electron chi connectivity index (χ3n) is 1.93. The zero-order valence-corrected chi connectivity index (χ0v) is 9.08. The van der Waals surface area contributed by atoms with Crippen molar-refractivity contribution >= 4 is 5.69 Å². The minimum Gasteiger partial charge on any atom is -0.382 e. The lowest BCUT2D eigenvalue weighted by atomic mass is 10.1. The number of rotatable bonds is 5. The highest BCUT2D eigenvalue weighted by atomic mass is 16.5. The summed E-state index contributed by atoms with van der Waals surface area (Å²) in [4.78, 5) is 3.95. The lowest BCUT2D eigenvalue weighted by Gasteiger charge is -2.25. The van der Waals surface area contributed by atoms with Crippen LogP contribution in [-0.2, 0) is 4.74 Å². The summed E-state index contributed by atoms with van der Waals surface area (Å²) in [6.45, 7) is 7.69. The summed E-state index contributed by atoms with van der Waals surface area (Å²) >= 11 is 0. The van der Waals surface area contributed by atoms with E-state index >= 15 is 0 Å². The number of hydrogen-bond acceptors (Lipinski definition) is 3. The average Bonchev–Trinajstić information content (AvgIpc) is 2.17. The Balaban J connectivity index is 2.40. The van der Waals surface area contributed by atoms with Gasteiger partial charge in [0, 0.05) is 31.2 Å². The van der Waals surface area contributed by atoms with E-state index < -0.39 is 0 Å². The molecule has 0 aliphatic heterocycles. The van der Waals surface area contributed by atoms with E-state index in [2.05, 4.69) is 24.1 Å². The first-order valence-corrected chi connectivity index (χ1v) is 4.92. The molecule has 3 heteroatoms. The summed E-state index contributed by atoms with van der Waals surface area (Å²) < 4.78 is 5.57. The molecule has 0 aromatic carbocycles. The van der Waals surface area contributed by atoms with Crippen LogP contribution in [0.5, 0.6) is 0 Å². The summed E-state index contributed by atoms with van der Waals surface area (Å²) in [6, 6.07) is 3.89. The Hall–Kier alpha value is -1.09. The topological polar surface area (TPSA) is 34.1 Å². The van der Waals surface area contributed by atoms with Crippen molar-refractivity contribution in [2.75, 3.05) is 18.5 Å². The molecule has 0 fully saturated rings. The SMILES string of the molecule is CCOC(C)(C)CNc1ccncc1. The highest BCUT2D eigenvalue weighted by Crippen LogP contribution is 2.11. The first kappa shape index (κ1) is 11.0. The van der Waals surface area contributed by atoms with Crippen LogP contribution in [0.15, 0.2) is 24.5 Å². The van der Waals surface area contributed by atoms with Gasteiger partial charge in [-0.05, 0) is 32.9 Å². The van der Waals surface area contributed by atoms with Gasteiger partial charge in [0.15, 0.2) is 0 Å². The molecule has 0 saturated carbocycles. The zero-order chi connectivity index (χ0) is 10.4. The molecule has 0 unspecified atom stereocenters. The molecule has 0 aliphatic rings. The van der Waals surface area contributed by atoms with E-state index in [4.69, 9.17) is 4.74 Å². The molecule has 1 rings (SSSR count). The first-order chi connectivity index (χ1) is 6.64. The van der Waals surface area contributed by atoms with Gasteiger partial charge in [0.25, 0.3) is 0 Å². The molecule has 1 aromatic heterocycles. The van der Waals surface area contributed by atoms with E-state index in [-0.39, 0.29) is 5.60 Å². The Morgan fingerprint density at radius 2 is 2.00 bits per heavy atom. The van der Waals surface area contributed by atoms with Crippen molar-refractivity contribution in [2.45, 2.75) is 26.4 Å².